The smallest absolute Gasteiger partial charge is 0.337 e. The number of aromatic nitrogens is 1. The number of piperidine rings is 1. The molecule has 1 aliphatic heterocycles. The maximum atomic E-state index is 10.9. The van der Waals surface area contributed by atoms with Crippen molar-refractivity contribution in [1.82, 2.24) is 9.88 Å². The third kappa shape index (κ3) is 5.44. The molecular weight excluding hydrogens is 284 g/mol. The average molecular weight is 308 g/mol. The Morgan fingerprint density at radius 3 is 2.64 bits per heavy atom. The fourth-order valence-corrected chi connectivity index (χ4v) is 2.30. The van der Waals surface area contributed by atoms with Crippen molar-refractivity contribution in [1.29, 1.82) is 0 Å². The van der Waals surface area contributed by atoms with E-state index in [4.69, 9.17) is 5.11 Å². The lowest BCUT2D eigenvalue weighted by molar-refractivity contribution is -0.143. The molecule has 1 saturated heterocycles. The standard InChI is InChI=1S/C8H9NO2.C8H15NO2/c1-6-5-7(3-4-9-6)8(10)11-2;1-6-5-7(8(10)11)3-4-9(6)2/h3-5H,1-2H3;6-7H,3-5H2,1-2H3,(H,10,11). The van der Waals surface area contributed by atoms with Gasteiger partial charge in [0.05, 0.1) is 18.6 Å². The van der Waals surface area contributed by atoms with Crippen molar-refractivity contribution in [2.75, 3.05) is 20.7 Å². The van der Waals surface area contributed by atoms with Crippen molar-refractivity contribution in [2.24, 2.45) is 5.92 Å². The van der Waals surface area contributed by atoms with Crippen LogP contribution in [0.25, 0.3) is 0 Å². The number of rotatable bonds is 2. The van der Waals surface area contributed by atoms with Crippen LogP contribution in [0.5, 0.6) is 0 Å². The molecule has 1 N–H and O–H groups in total. The number of pyridine rings is 1. The van der Waals surface area contributed by atoms with Crippen molar-refractivity contribution in [3.05, 3.63) is 29.6 Å². The Hall–Kier alpha value is -1.95. The molecule has 1 fully saturated rings. The first-order chi connectivity index (χ1) is 10.3. The number of carboxylic acids is 1. The predicted octanol–water partition coefficient (Wildman–Crippen LogP) is 1.98. The average Bonchev–Trinajstić information content (AvgIpc) is 2.49. The fourth-order valence-electron chi connectivity index (χ4n) is 2.30. The van der Waals surface area contributed by atoms with Gasteiger partial charge in [0.2, 0.25) is 0 Å². The summed E-state index contributed by atoms with van der Waals surface area (Å²) in [7, 11) is 3.40. The van der Waals surface area contributed by atoms with E-state index in [0.717, 1.165) is 25.1 Å². The maximum absolute atomic E-state index is 10.9. The first-order valence-corrected chi connectivity index (χ1v) is 7.29. The second kappa shape index (κ2) is 8.48. The highest BCUT2D eigenvalue weighted by Crippen LogP contribution is 2.21. The van der Waals surface area contributed by atoms with E-state index in [-0.39, 0.29) is 11.9 Å². The summed E-state index contributed by atoms with van der Waals surface area (Å²) in [4.78, 5) is 27.7. The Labute approximate surface area is 131 Å². The van der Waals surface area contributed by atoms with Crippen LogP contribution >= 0.6 is 0 Å². The van der Waals surface area contributed by atoms with Gasteiger partial charge in [-0.05, 0) is 52.4 Å². The quantitative estimate of drug-likeness (QED) is 0.842. The van der Waals surface area contributed by atoms with Gasteiger partial charge in [-0.15, -0.1) is 0 Å². The molecule has 6 nitrogen and oxygen atoms in total. The molecule has 122 valence electrons. The Morgan fingerprint density at radius 1 is 1.45 bits per heavy atom. The number of carboxylic acid groups (broad SMARTS) is 1. The third-order valence-corrected chi connectivity index (χ3v) is 3.88. The number of nitrogens with zero attached hydrogens (tertiary/aromatic N) is 2. The van der Waals surface area contributed by atoms with E-state index in [9.17, 15) is 9.59 Å². The van der Waals surface area contributed by atoms with Crippen LogP contribution in [0.15, 0.2) is 18.3 Å². The molecule has 2 unspecified atom stereocenters. The molecule has 0 bridgehead atoms. The fraction of sp³-hybridized carbons (Fsp3) is 0.562. The summed E-state index contributed by atoms with van der Waals surface area (Å²) in [5.74, 6) is -1.07. The topological polar surface area (TPSA) is 79.7 Å². The molecule has 2 rings (SSSR count). The predicted molar refractivity (Wildman–Crippen MR) is 82.8 cm³/mol. The number of esters is 1. The molecule has 1 aliphatic rings. The van der Waals surface area contributed by atoms with Gasteiger partial charge in [-0.2, -0.15) is 0 Å². The maximum Gasteiger partial charge on any atom is 0.337 e. The number of hydrogen-bond acceptors (Lipinski definition) is 5. The van der Waals surface area contributed by atoms with E-state index < -0.39 is 5.97 Å². The van der Waals surface area contributed by atoms with E-state index in [1.54, 1.807) is 18.3 Å². The van der Waals surface area contributed by atoms with Crippen LogP contribution in [0.4, 0.5) is 0 Å². The van der Waals surface area contributed by atoms with Crippen molar-refractivity contribution in [3.63, 3.8) is 0 Å². The van der Waals surface area contributed by atoms with Crippen LogP contribution in [0.1, 0.15) is 35.8 Å². The second-order valence-corrected chi connectivity index (χ2v) is 5.57. The molecule has 0 amide bonds. The summed E-state index contributed by atoms with van der Waals surface area (Å²) in [6.07, 6.45) is 3.18. The van der Waals surface area contributed by atoms with Crippen molar-refractivity contribution in [2.45, 2.75) is 32.7 Å². The van der Waals surface area contributed by atoms with Gasteiger partial charge in [-0.25, -0.2) is 4.79 Å². The molecule has 0 aromatic carbocycles. The molecule has 0 aliphatic carbocycles. The number of carbonyl (C=O) groups excluding carboxylic acids is 1. The van der Waals surface area contributed by atoms with Gasteiger partial charge in [0.1, 0.15) is 0 Å². The minimum absolute atomic E-state index is 0.110. The normalized spacial score (nSPS) is 21.5. The molecule has 0 spiro atoms. The summed E-state index contributed by atoms with van der Waals surface area (Å²) in [6.45, 7) is 4.82. The minimum atomic E-state index is -0.634. The molecule has 6 heteroatoms. The van der Waals surface area contributed by atoms with Crippen molar-refractivity contribution in [3.8, 4) is 0 Å². The minimum Gasteiger partial charge on any atom is -0.481 e. The number of aryl methyl sites for hydroxylation is 1. The van der Waals surface area contributed by atoms with Crippen LogP contribution in [0.3, 0.4) is 0 Å². The summed E-state index contributed by atoms with van der Waals surface area (Å²) >= 11 is 0. The first kappa shape index (κ1) is 18.1. The van der Waals surface area contributed by atoms with E-state index in [1.165, 1.54) is 7.11 Å². The molecule has 0 saturated carbocycles. The van der Waals surface area contributed by atoms with Crippen LogP contribution < -0.4 is 0 Å². The molecular formula is C16H24N2O4. The molecule has 2 heterocycles. The lowest BCUT2D eigenvalue weighted by Gasteiger charge is -2.32. The molecule has 1 aromatic rings. The number of methoxy groups -OCH3 is 1. The first-order valence-electron chi connectivity index (χ1n) is 7.29. The van der Waals surface area contributed by atoms with Crippen LogP contribution in [-0.2, 0) is 9.53 Å². The number of ether oxygens (including phenoxy) is 1. The van der Waals surface area contributed by atoms with Gasteiger partial charge in [0.15, 0.2) is 0 Å². The number of hydrogen-bond donors (Lipinski definition) is 1. The Morgan fingerprint density at radius 2 is 2.14 bits per heavy atom. The summed E-state index contributed by atoms with van der Waals surface area (Å²) in [6, 6.07) is 3.73. The largest absolute Gasteiger partial charge is 0.481 e. The monoisotopic (exact) mass is 308 g/mol. The van der Waals surface area contributed by atoms with Gasteiger partial charge in [0.25, 0.3) is 0 Å². The number of carbonyl (C=O) groups is 2. The second-order valence-electron chi connectivity index (χ2n) is 5.57. The molecule has 0 radical (unpaired) electrons. The van der Waals surface area contributed by atoms with Gasteiger partial charge in [0, 0.05) is 17.9 Å². The number of likely N-dealkylation sites (tertiary alicyclic amines) is 1. The zero-order valence-electron chi connectivity index (χ0n) is 13.6. The van der Waals surface area contributed by atoms with Crippen molar-refractivity contribution >= 4 is 11.9 Å². The van der Waals surface area contributed by atoms with Crippen LogP contribution in [-0.4, -0.2) is 53.7 Å². The Kier molecular flexibility index (Phi) is 6.98. The Balaban J connectivity index is 0.000000220. The van der Waals surface area contributed by atoms with Gasteiger partial charge in [-0.1, -0.05) is 0 Å². The van der Waals surface area contributed by atoms with Gasteiger partial charge >= 0.3 is 11.9 Å². The number of aliphatic carboxylic acids is 1. The van der Waals surface area contributed by atoms with Crippen LogP contribution in [0, 0.1) is 12.8 Å². The SMILES string of the molecule is CC1CC(C(=O)O)CCN1C.COC(=O)c1ccnc(C)c1. The van der Waals surface area contributed by atoms with E-state index in [2.05, 4.69) is 21.5 Å². The molecule has 2 atom stereocenters. The van der Waals surface area contributed by atoms with Crippen LogP contribution in [0.2, 0.25) is 0 Å². The highest BCUT2D eigenvalue weighted by atomic mass is 16.5. The molecule has 1 aromatic heterocycles. The van der Waals surface area contributed by atoms with Gasteiger partial charge in [-0.3, -0.25) is 9.78 Å². The summed E-state index contributed by atoms with van der Waals surface area (Å²) < 4.78 is 4.52. The molecule has 22 heavy (non-hydrogen) atoms. The van der Waals surface area contributed by atoms with E-state index in [1.807, 2.05) is 14.0 Å². The highest BCUT2D eigenvalue weighted by molar-refractivity contribution is 5.89. The van der Waals surface area contributed by atoms with E-state index >= 15 is 0 Å². The van der Waals surface area contributed by atoms with E-state index in [0.29, 0.717) is 11.6 Å². The third-order valence-electron chi connectivity index (χ3n) is 3.88. The summed E-state index contributed by atoms with van der Waals surface area (Å²) in [5.41, 5.74) is 1.35. The highest BCUT2D eigenvalue weighted by Gasteiger charge is 2.27. The lowest BCUT2D eigenvalue weighted by Crippen LogP contribution is -2.39. The van der Waals surface area contributed by atoms with Crippen molar-refractivity contribution < 1.29 is 19.4 Å². The zero-order valence-corrected chi connectivity index (χ0v) is 13.6. The zero-order chi connectivity index (χ0) is 16.7. The van der Waals surface area contributed by atoms with Gasteiger partial charge < -0.3 is 14.7 Å². The summed E-state index contributed by atoms with van der Waals surface area (Å²) in [5, 5.41) is 8.72. The Bertz CT molecular complexity index is 519. The lowest BCUT2D eigenvalue weighted by atomic mass is 9.92.